The maximum Gasteiger partial charge on any atom is 3.00 e. The first-order valence-corrected chi connectivity index (χ1v) is 5.55. The Morgan fingerprint density at radius 1 is 0.312 bits per heavy atom. The summed E-state index contributed by atoms with van der Waals surface area (Å²) in [5.41, 5.74) is 0. The second-order valence-electron chi connectivity index (χ2n) is 1.13. The van der Waals surface area contributed by atoms with E-state index in [1.807, 2.05) is 0 Å². The van der Waals surface area contributed by atoms with Gasteiger partial charge in [0.2, 0.25) is 0 Å². The first kappa shape index (κ1) is 26.0. The van der Waals surface area contributed by atoms with Gasteiger partial charge in [-0.15, -0.1) is 30.7 Å². The zero-order valence-electron chi connectivity index (χ0n) is 6.61. The van der Waals surface area contributed by atoms with Crippen molar-refractivity contribution >= 4 is 0 Å². The minimum Gasteiger partial charge on any atom is -0.222 e. The van der Waals surface area contributed by atoms with Gasteiger partial charge in [-0.1, -0.05) is 0 Å². The summed E-state index contributed by atoms with van der Waals surface area (Å²) < 4.78 is 102. The number of hydrogen-bond acceptors (Lipinski definition) is 12. The Bertz CT molecular complexity index is 91.3. The molecule has 0 N–H and O–H groups in total. The first-order valence-electron chi connectivity index (χ1n) is 1.85. The zero-order valence-corrected chi connectivity index (χ0v) is 10.7. The summed E-state index contributed by atoms with van der Waals surface area (Å²) in [6.07, 6.45) is 0. The molecule has 0 aromatic carbocycles. The molecule has 16 heteroatoms. The van der Waals surface area contributed by atoms with Crippen molar-refractivity contribution in [3.8, 4) is 0 Å². The third-order valence-corrected chi connectivity index (χ3v) is 0. The zero-order chi connectivity index (χ0) is 13.5. The summed E-state index contributed by atoms with van der Waals surface area (Å²) in [6, 6.07) is 0. The largest absolute Gasteiger partial charge is 3.00 e. The van der Waals surface area contributed by atoms with Crippen molar-refractivity contribution < 1.29 is 112 Å². The van der Waals surface area contributed by atoms with Gasteiger partial charge < -0.3 is 0 Å². The van der Waals surface area contributed by atoms with E-state index < -0.39 is 30.7 Å². The molecule has 0 atom stereocenters. The quantitative estimate of drug-likeness (QED) is 0.396. The molecule has 0 fully saturated rings. The molecule has 0 rings (SSSR count). The monoisotopic (exact) mass is 342 g/mol. The van der Waals surface area contributed by atoms with Gasteiger partial charge in [0.1, 0.15) is 0 Å². The third-order valence-electron chi connectivity index (χ3n) is 0. The van der Waals surface area contributed by atoms with Gasteiger partial charge in [0, 0.05) is 0 Å². The Morgan fingerprint density at radius 2 is 0.312 bits per heavy atom. The van der Waals surface area contributed by atoms with Crippen LogP contribution in [0.25, 0.3) is 0 Å². The third kappa shape index (κ3) is 1950. The second-order valence-corrected chi connectivity index (χ2v) is 3.40. The molecule has 0 aliphatic heterocycles. The standard InChI is InChI=1S/3ClHO4.Sc/c3*2-1(3,4)5;/h3*(H,2,3,4,5);/q;;;+3/p-3. The van der Waals surface area contributed by atoms with E-state index in [0.717, 1.165) is 0 Å². The van der Waals surface area contributed by atoms with E-state index in [9.17, 15) is 0 Å². The molecule has 0 amide bonds. The van der Waals surface area contributed by atoms with Crippen LogP contribution in [0.3, 0.4) is 0 Å². The van der Waals surface area contributed by atoms with E-state index in [1.165, 1.54) is 0 Å². The van der Waals surface area contributed by atoms with Gasteiger partial charge in [0.05, 0.1) is 0 Å². The molecule has 0 aromatic heterocycles. The molecule has 0 heterocycles. The summed E-state index contributed by atoms with van der Waals surface area (Å²) in [6.45, 7) is 0. The summed E-state index contributed by atoms with van der Waals surface area (Å²) in [5, 5.41) is 0. The van der Waals surface area contributed by atoms with Crippen LogP contribution in [0.2, 0.25) is 0 Å². The van der Waals surface area contributed by atoms with Crippen molar-refractivity contribution in [2.75, 3.05) is 0 Å². The van der Waals surface area contributed by atoms with Crippen molar-refractivity contribution in [3.63, 3.8) is 0 Å². The molecule has 0 aliphatic carbocycles. The second kappa shape index (κ2) is 10.2. The van der Waals surface area contributed by atoms with E-state index in [2.05, 4.69) is 0 Å². The van der Waals surface area contributed by atoms with E-state index in [4.69, 9.17) is 55.9 Å². The minimum absolute atomic E-state index is 0. The van der Waals surface area contributed by atoms with Gasteiger partial charge in [-0.05, 0) is 0 Å². The smallest absolute Gasteiger partial charge is 0.222 e. The average molecular weight is 343 g/mol. The molecular weight excluding hydrogens is 343 g/mol. The molecule has 16 heavy (non-hydrogen) atoms. The SMILES string of the molecule is [O-][Cl+3]([O-])([O-])[O-].[O-][Cl+3]([O-])([O-])[O-].[O-][Cl+3]([O-])([O-])[O-].[Sc+3]. The molecule has 96 valence electrons. The van der Waals surface area contributed by atoms with E-state index >= 15 is 0 Å². The van der Waals surface area contributed by atoms with Crippen molar-refractivity contribution in [2.24, 2.45) is 0 Å². The Hall–Kier alpha value is 1.26. The van der Waals surface area contributed by atoms with Gasteiger partial charge in [-0.2, -0.15) is 0 Å². The van der Waals surface area contributed by atoms with Crippen molar-refractivity contribution in [3.05, 3.63) is 0 Å². The van der Waals surface area contributed by atoms with Crippen molar-refractivity contribution in [1.29, 1.82) is 0 Å². The van der Waals surface area contributed by atoms with Crippen LogP contribution < -0.4 is 55.9 Å². The molecule has 0 saturated heterocycles. The topological polar surface area (TPSA) is 277 Å². The van der Waals surface area contributed by atoms with Crippen LogP contribution in [0, 0.1) is 30.7 Å². The molecule has 0 spiro atoms. The van der Waals surface area contributed by atoms with Gasteiger partial charge in [-0.3, -0.25) is 0 Å². The predicted octanol–water partition coefficient (Wildman–Crippen LogP) is -14.3. The Kier molecular flexibility index (Phi) is 16.6. The van der Waals surface area contributed by atoms with Gasteiger partial charge in [0.25, 0.3) is 0 Å². The molecule has 0 radical (unpaired) electrons. The summed E-state index contributed by atoms with van der Waals surface area (Å²) >= 11 is 0. The fourth-order valence-corrected chi connectivity index (χ4v) is 0. The molecule has 0 bridgehead atoms. The Labute approximate surface area is 112 Å². The Morgan fingerprint density at radius 3 is 0.312 bits per heavy atom. The molecule has 0 aromatic rings. The van der Waals surface area contributed by atoms with Crippen LogP contribution in [0.1, 0.15) is 0 Å². The maximum atomic E-state index is 8.49. The van der Waals surface area contributed by atoms with Crippen molar-refractivity contribution in [2.45, 2.75) is 0 Å². The fourth-order valence-electron chi connectivity index (χ4n) is 0. The summed E-state index contributed by atoms with van der Waals surface area (Å²) in [7, 11) is -14.8. The van der Waals surface area contributed by atoms with Gasteiger partial charge in [0.15, 0.2) is 0 Å². The molecular formula is Cl3O12Sc. The Balaban J connectivity index is -0.0000000655. The van der Waals surface area contributed by atoms with E-state index in [-0.39, 0.29) is 25.8 Å². The van der Waals surface area contributed by atoms with Crippen LogP contribution in [0.15, 0.2) is 0 Å². The molecule has 0 aliphatic rings. The molecule has 12 nitrogen and oxygen atoms in total. The van der Waals surface area contributed by atoms with Gasteiger partial charge in [-0.25, -0.2) is 55.9 Å². The van der Waals surface area contributed by atoms with E-state index in [1.54, 1.807) is 0 Å². The summed E-state index contributed by atoms with van der Waals surface area (Å²) in [5.74, 6) is 0. The van der Waals surface area contributed by atoms with Gasteiger partial charge >= 0.3 is 25.8 Å². The van der Waals surface area contributed by atoms with Crippen LogP contribution in [-0.4, -0.2) is 0 Å². The number of hydrogen-bond donors (Lipinski definition) is 0. The van der Waals surface area contributed by atoms with Crippen LogP contribution in [0.5, 0.6) is 0 Å². The van der Waals surface area contributed by atoms with Crippen LogP contribution >= 0.6 is 0 Å². The first-order chi connectivity index (χ1) is 6.00. The fraction of sp³-hybridized carbons (Fsp3) is 0. The predicted molar refractivity (Wildman–Crippen MR) is 0 cm³/mol. The van der Waals surface area contributed by atoms with Crippen molar-refractivity contribution in [1.82, 2.24) is 0 Å². The minimum atomic E-state index is -4.94. The van der Waals surface area contributed by atoms with E-state index in [0.29, 0.717) is 0 Å². The van der Waals surface area contributed by atoms with Crippen LogP contribution in [0.4, 0.5) is 0 Å². The normalized spacial score (nSPS) is 11.2. The molecule has 0 unspecified atom stereocenters. The summed E-state index contributed by atoms with van der Waals surface area (Å²) in [4.78, 5) is 0. The number of rotatable bonds is 0. The molecule has 0 saturated carbocycles. The number of halogens is 3. The van der Waals surface area contributed by atoms with Crippen LogP contribution in [-0.2, 0) is 25.8 Å². The average Bonchev–Trinajstić information content (AvgIpc) is 1.41. The maximum absolute atomic E-state index is 8.49.